The van der Waals surface area contributed by atoms with Gasteiger partial charge in [0.05, 0.1) is 0 Å². The minimum absolute atomic E-state index is 0.156. The topological polar surface area (TPSA) is 71.8 Å². The van der Waals surface area contributed by atoms with Gasteiger partial charge < -0.3 is 5.32 Å². The van der Waals surface area contributed by atoms with E-state index in [2.05, 4.69) is 20.7 Å². The molecule has 1 unspecified atom stereocenters. The average molecular weight is 439 g/mol. The summed E-state index contributed by atoms with van der Waals surface area (Å²) in [5, 5.41) is 10.6. The third kappa shape index (κ3) is 4.67. The number of halogens is 1. The second kappa shape index (κ2) is 9.08. The maximum atomic E-state index is 13.5. The molecule has 0 saturated heterocycles. The molecule has 164 valence electrons. The fourth-order valence-corrected chi connectivity index (χ4v) is 3.82. The van der Waals surface area contributed by atoms with Gasteiger partial charge in [0.1, 0.15) is 11.9 Å². The van der Waals surface area contributed by atoms with Gasteiger partial charge in [-0.05, 0) is 41.3 Å². The second-order valence-corrected chi connectivity index (χ2v) is 7.81. The number of aromatic nitrogens is 3. The van der Waals surface area contributed by atoms with Gasteiger partial charge in [-0.15, -0.1) is 5.10 Å². The number of allylic oxidation sites excluding steroid dienone is 1. The Labute approximate surface area is 190 Å². The Balaban J connectivity index is 1.40. The van der Waals surface area contributed by atoms with Crippen LogP contribution in [0.25, 0.3) is 5.70 Å². The number of hydrogen-bond acceptors (Lipinski definition) is 4. The predicted molar refractivity (Wildman–Crippen MR) is 126 cm³/mol. The van der Waals surface area contributed by atoms with Crippen LogP contribution in [-0.4, -0.2) is 20.7 Å². The molecule has 7 heteroatoms. The highest BCUT2D eigenvalue weighted by Crippen LogP contribution is 2.33. The molecule has 0 aliphatic carbocycles. The van der Waals surface area contributed by atoms with Gasteiger partial charge in [-0.3, -0.25) is 10.1 Å². The van der Waals surface area contributed by atoms with Crippen LogP contribution in [0.1, 0.15) is 29.2 Å². The third-order valence-electron chi connectivity index (χ3n) is 5.50. The lowest BCUT2D eigenvalue weighted by Gasteiger charge is -2.24. The molecule has 0 fully saturated rings. The zero-order valence-corrected chi connectivity index (χ0v) is 17.8. The first-order valence-corrected chi connectivity index (χ1v) is 10.8. The average Bonchev–Trinajstić information content (AvgIpc) is 3.26. The summed E-state index contributed by atoms with van der Waals surface area (Å²) in [4.78, 5) is 17.0. The summed E-state index contributed by atoms with van der Waals surface area (Å²) in [7, 11) is 0. The van der Waals surface area contributed by atoms with Gasteiger partial charge in [0.25, 0.3) is 5.95 Å². The van der Waals surface area contributed by atoms with Crippen molar-refractivity contribution in [2.45, 2.75) is 18.9 Å². The van der Waals surface area contributed by atoms with E-state index in [4.69, 9.17) is 0 Å². The number of amides is 1. The van der Waals surface area contributed by atoms with Crippen molar-refractivity contribution in [1.82, 2.24) is 14.8 Å². The molecule has 0 saturated carbocycles. The minimum atomic E-state index is -0.306. The first kappa shape index (κ1) is 20.6. The second-order valence-electron chi connectivity index (χ2n) is 7.81. The maximum Gasteiger partial charge on any atom is 0.250 e. The fraction of sp³-hybridized carbons (Fsp3) is 0.115. The van der Waals surface area contributed by atoms with Crippen molar-refractivity contribution in [2.75, 3.05) is 10.6 Å². The monoisotopic (exact) mass is 439 g/mol. The lowest BCUT2D eigenvalue weighted by molar-refractivity contribution is -0.116. The van der Waals surface area contributed by atoms with Gasteiger partial charge in [-0.25, -0.2) is 9.07 Å². The Morgan fingerprint density at radius 3 is 2.39 bits per heavy atom. The quantitative estimate of drug-likeness (QED) is 0.441. The highest BCUT2D eigenvalue weighted by atomic mass is 19.1. The van der Waals surface area contributed by atoms with E-state index < -0.39 is 0 Å². The van der Waals surface area contributed by atoms with Crippen LogP contribution < -0.4 is 10.6 Å². The van der Waals surface area contributed by atoms with Crippen LogP contribution >= 0.6 is 0 Å². The summed E-state index contributed by atoms with van der Waals surface area (Å²) >= 11 is 0. The summed E-state index contributed by atoms with van der Waals surface area (Å²) in [5.41, 5.74) is 3.82. The number of carbonyl (C=O) groups is 1. The van der Waals surface area contributed by atoms with Gasteiger partial charge in [0, 0.05) is 12.1 Å². The normalized spacial score (nSPS) is 14.7. The molecule has 5 rings (SSSR count). The molecule has 4 aromatic rings. The number of nitrogens with one attached hydrogen (secondary N) is 2. The minimum Gasteiger partial charge on any atom is -0.324 e. The first-order chi connectivity index (χ1) is 16.2. The molecule has 0 bridgehead atoms. The Bertz CT molecular complexity index is 1280. The summed E-state index contributed by atoms with van der Waals surface area (Å²) in [6.07, 6.45) is 2.98. The molecule has 0 radical (unpaired) electrons. The van der Waals surface area contributed by atoms with Crippen LogP contribution in [0.3, 0.4) is 0 Å². The Morgan fingerprint density at radius 2 is 1.67 bits per heavy atom. The highest BCUT2D eigenvalue weighted by Gasteiger charge is 2.25. The van der Waals surface area contributed by atoms with E-state index in [1.165, 1.54) is 12.1 Å². The van der Waals surface area contributed by atoms with Crippen molar-refractivity contribution in [1.29, 1.82) is 0 Å². The lowest BCUT2D eigenvalue weighted by atomic mass is 10.0. The van der Waals surface area contributed by atoms with Crippen LogP contribution in [0.4, 0.5) is 16.3 Å². The highest BCUT2D eigenvalue weighted by molar-refractivity contribution is 5.89. The number of anilines is 2. The number of fused-ring (bicyclic) bond motifs is 1. The number of hydrogen-bond donors (Lipinski definition) is 2. The number of nitrogens with zero attached hydrogens (tertiary/aromatic N) is 3. The molecule has 1 aliphatic heterocycles. The number of carbonyl (C=O) groups excluding carboxylic acids is 1. The summed E-state index contributed by atoms with van der Waals surface area (Å²) in [5.74, 6) is 0.274. The molecule has 1 aliphatic rings. The Morgan fingerprint density at radius 1 is 0.970 bits per heavy atom. The van der Waals surface area contributed by atoms with E-state index in [0.717, 1.165) is 22.4 Å². The Hall–Kier alpha value is -4.26. The molecule has 33 heavy (non-hydrogen) atoms. The summed E-state index contributed by atoms with van der Waals surface area (Å²) in [6, 6.07) is 25.7. The molecule has 6 nitrogen and oxygen atoms in total. The van der Waals surface area contributed by atoms with Crippen molar-refractivity contribution >= 4 is 23.5 Å². The van der Waals surface area contributed by atoms with Crippen molar-refractivity contribution in [3.05, 3.63) is 114 Å². The molecule has 2 N–H and O–H groups in total. The number of rotatable bonds is 6. The standard InChI is InChI=1S/C26H22FN5O/c27-21-14-12-20(13-15-21)23-17-22(19-9-5-2-6-10-19)28-26-30-25(31-32(23)26)29-24(33)16-11-18-7-3-1-4-8-18/h1-10,12-15,17,23H,11,16H2,(H2,28,29,30,31,33). The largest absolute Gasteiger partial charge is 0.324 e. The van der Waals surface area contributed by atoms with Crippen LogP contribution in [-0.2, 0) is 11.2 Å². The van der Waals surface area contributed by atoms with Crippen LogP contribution in [0.2, 0.25) is 0 Å². The molecule has 3 aromatic carbocycles. The van der Waals surface area contributed by atoms with Gasteiger partial charge in [0.2, 0.25) is 11.9 Å². The molecule has 1 aromatic heterocycles. The van der Waals surface area contributed by atoms with E-state index in [0.29, 0.717) is 18.8 Å². The van der Waals surface area contributed by atoms with Crippen molar-refractivity contribution < 1.29 is 9.18 Å². The van der Waals surface area contributed by atoms with E-state index >= 15 is 0 Å². The Kier molecular flexibility index (Phi) is 5.68. The van der Waals surface area contributed by atoms with Crippen molar-refractivity contribution in [2.24, 2.45) is 0 Å². The summed E-state index contributed by atoms with van der Waals surface area (Å²) in [6.45, 7) is 0. The fourth-order valence-electron chi connectivity index (χ4n) is 3.82. The van der Waals surface area contributed by atoms with Gasteiger partial charge in [-0.1, -0.05) is 72.8 Å². The smallest absolute Gasteiger partial charge is 0.250 e. The van der Waals surface area contributed by atoms with E-state index in [9.17, 15) is 9.18 Å². The molecule has 1 amide bonds. The number of aryl methyl sites for hydroxylation is 1. The predicted octanol–water partition coefficient (Wildman–Crippen LogP) is 5.04. The van der Waals surface area contributed by atoms with Gasteiger partial charge in [0.15, 0.2) is 0 Å². The molecule has 0 spiro atoms. The van der Waals surface area contributed by atoms with Crippen molar-refractivity contribution in [3.63, 3.8) is 0 Å². The zero-order chi connectivity index (χ0) is 22.6. The number of benzene rings is 3. The maximum absolute atomic E-state index is 13.5. The first-order valence-electron chi connectivity index (χ1n) is 10.8. The molecular weight excluding hydrogens is 417 g/mol. The zero-order valence-electron chi connectivity index (χ0n) is 17.8. The van der Waals surface area contributed by atoms with Crippen LogP contribution in [0, 0.1) is 5.82 Å². The van der Waals surface area contributed by atoms with Crippen LogP contribution in [0.15, 0.2) is 91.0 Å². The van der Waals surface area contributed by atoms with E-state index in [1.807, 2.05) is 66.7 Å². The van der Waals surface area contributed by atoms with Gasteiger partial charge in [-0.2, -0.15) is 4.98 Å². The molecular formula is C26H22FN5O. The van der Waals surface area contributed by atoms with Crippen molar-refractivity contribution in [3.8, 4) is 0 Å². The van der Waals surface area contributed by atoms with Crippen LogP contribution in [0.5, 0.6) is 0 Å². The van der Waals surface area contributed by atoms with E-state index in [1.54, 1.807) is 16.8 Å². The van der Waals surface area contributed by atoms with E-state index in [-0.39, 0.29) is 23.7 Å². The third-order valence-corrected chi connectivity index (χ3v) is 5.50. The lowest BCUT2D eigenvalue weighted by Crippen LogP contribution is -2.20. The SMILES string of the molecule is O=C(CCc1ccccc1)Nc1nc2n(n1)C(c1ccc(F)cc1)C=C(c1ccccc1)N2. The molecule has 1 atom stereocenters. The summed E-state index contributed by atoms with van der Waals surface area (Å²) < 4.78 is 15.2. The molecule has 2 heterocycles. The van der Waals surface area contributed by atoms with Gasteiger partial charge >= 0.3 is 0 Å².